The molecule has 33 heavy (non-hydrogen) atoms. The van der Waals surface area contributed by atoms with E-state index in [2.05, 4.69) is 9.71 Å². The Balaban J connectivity index is 1.87. The monoisotopic (exact) mass is 509 g/mol. The summed E-state index contributed by atoms with van der Waals surface area (Å²) in [5, 5.41) is 11.4. The summed E-state index contributed by atoms with van der Waals surface area (Å²) in [5.41, 5.74) is 0.164. The molecular weight excluding hydrogens is 490 g/mol. The summed E-state index contributed by atoms with van der Waals surface area (Å²) in [4.78, 5) is 16.2. The minimum absolute atomic E-state index is 0.0738. The number of benzene rings is 2. The van der Waals surface area contributed by atoms with Crippen LogP contribution in [0.5, 0.6) is 5.75 Å². The predicted molar refractivity (Wildman–Crippen MR) is 121 cm³/mol. The van der Waals surface area contributed by atoms with Crippen LogP contribution in [0, 0.1) is 0 Å². The number of methoxy groups -OCH3 is 1. The van der Waals surface area contributed by atoms with E-state index in [1.807, 2.05) is 0 Å². The van der Waals surface area contributed by atoms with Gasteiger partial charge in [0.15, 0.2) is 5.13 Å². The third-order valence-electron chi connectivity index (χ3n) is 5.02. The van der Waals surface area contributed by atoms with Crippen LogP contribution in [0.4, 0.5) is 10.8 Å². The Morgan fingerprint density at radius 3 is 2.42 bits per heavy atom. The van der Waals surface area contributed by atoms with Gasteiger partial charge in [-0.25, -0.2) is 21.8 Å². The fourth-order valence-corrected chi connectivity index (χ4v) is 7.22. The molecule has 10 nitrogen and oxygen atoms in total. The Morgan fingerprint density at radius 2 is 1.85 bits per heavy atom. The zero-order chi connectivity index (χ0) is 23.8. The number of amides is 1. The SMILES string of the molecule is COc1ccc(S(=O)(=O)c2cc(N3CC[C@H](O)C3=O)ccc2S(=O)(=O)Nc2nccs2)cc1. The van der Waals surface area contributed by atoms with E-state index in [1.54, 1.807) is 5.38 Å². The number of aromatic nitrogens is 1. The predicted octanol–water partition coefficient (Wildman–Crippen LogP) is 1.88. The Bertz CT molecular complexity index is 1390. The summed E-state index contributed by atoms with van der Waals surface area (Å²) < 4.78 is 60.6. The molecule has 174 valence electrons. The van der Waals surface area contributed by atoms with E-state index in [1.165, 1.54) is 48.5 Å². The standard InChI is InChI=1S/C20H19N3O7S3/c1-30-14-3-5-15(6-4-14)32(26,27)18-12-13(23-10-8-16(24)19(23)25)2-7-17(18)33(28,29)22-20-21-9-11-31-20/h2-7,9,11-12,16,24H,8,10H2,1H3,(H,21,22)/t16-/m0/s1. The summed E-state index contributed by atoms with van der Waals surface area (Å²) in [6, 6.07) is 9.08. The first kappa shape index (κ1) is 23.2. The van der Waals surface area contributed by atoms with Gasteiger partial charge in [-0.2, -0.15) is 0 Å². The van der Waals surface area contributed by atoms with E-state index in [0.717, 1.165) is 23.5 Å². The maximum Gasteiger partial charge on any atom is 0.264 e. The van der Waals surface area contributed by atoms with Crippen LogP contribution in [0.1, 0.15) is 6.42 Å². The number of anilines is 2. The number of aliphatic hydroxyl groups excluding tert-OH is 1. The number of hydrogen-bond donors (Lipinski definition) is 2. The van der Waals surface area contributed by atoms with Gasteiger partial charge in [-0.15, -0.1) is 11.3 Å². The first-order chi connectivity index (χ1) is 15.6. The summed E-state index contributed by atoms with van der Waals surface area (Å²) in [6.07, 6.45) is 0.400. The fourth-order valence-electron chi connectivity index (χ4n) is 3.34. The highest BCUT2D eigenvalue weighted by Gasteiger charge is 2.34. The molecule has 13 heteroatoms. The molecule has 2 aromatic carbocycles. The minimum Gasteiger partial charge on any atom is -0.497 e. The third-order valence-corrected chi connectivity index (χ3v) is 9.17. The quantitative estimate of drug-likeness (QED) is 0.492. The van der Waals surface area contributed by atoms with Crippen molar-refractivity contribution in [2.24, 2.45) is 0 Å². The van der Waals surface area contributed by atoms with Gasteiger partial charge in [0.1, 0.15) is 16.7 Å². The van der Waals surface area contributed by atoms with E-state index in [9.17, 15) is 26.7 Å². The second-order valence-corrected chi connectivity index (χ2v) is 11.5. The molecule has 1 atom stereocenters. The van der Waals surface area contributed by atoms with Crippen molar-refractivity contribution in [2.75, 3.05) is 23.3 Å². The van der Waals surface area contributed by atoms with E-state index in [4.69, 9.17) is 4.74 Å². The Morgan fingerprint density at radius 1 is 1.12 bits per heavy atom. The van der Waals surface area contributed by atoms with Gasteiger partial charge >= 0.3 is 0 Å². The van der Waals surface area contributed by atoms with Crippen molar-refractivity contribution >= 4 is 47.9 Å². The van der Waals surface area contributed by atoms with Gasteiger partial charge < -0.3 is 14.7 Å². The van der Waals surface area contributed by atoms with Crippen molar-refractivity contribution in [1.29, 1.82) is 0 Å². The van der Waals surface area contributed by atoms with Crippen LogP contribution in [0.15, 0.2) is 68.7 Å². The van der Waals surface area contributed by atoms with Gasteiger partial charge in [0.05, 0.1) is 16.9 Å². The molecule has 4 rings (SSSR count). The molecule has 1 saturated heterocycles. The molecule has 0 unspecified atom stereocenters. The van der Waals surface area contributed by atoms with Crippen molar-refractivity contribution in [3.63, 3.8) is 0 Å². The Labute approximate surface area is 194 Å². The van der Waals surface area contributed by atoms with Gasteiger partial charge in [-0.3, -0.25) is 9.52 Å². The third kappa shape index (κ3) is 4.44. The number of thiazole rings is 1. The smallest absolute Gasteiger partial charge is 0.264 e. The number of carbonyl (C=O) groups is 1. The molecule has 0 aliphatic carbocycles. The average Bonchev–Trinajstić information content (AvgIpc) is 3.42. The van der Waals surface area contributed by atoms with E-state index < -0.39 is 41.7 Å². The van der Waals surface area contributed by atoms with Crippen molar-refractivity contribution < 1.29 is 31.5 Å². The first-order valence-electron chi connectivity index (χ1n) is 9.58. The van der Waals surface area contributed by atoms with Crippen LogP contribution in [-0.4, -0.2) is 52.6 Å². The Kier molecular flexibility index (Phi) is 6.14. The highest BCUT2D eigenvalue weighted by molar-refractivity contribution is 7.95. The van der Waals surface area contributed by atoms with Crippen LogP contribution >= 0.6 is 11.3 Å². The molecule has 3 aromatic rings. The zero-order valence-corrected chi connectivity index (χ0v) is 19.7. The van der Waals surface area contributed by atoms with E-state index in [-0.39, 0.29) is 28.7 Å². The molecule has 2 heterocycles. The molecular formula is C20H19N3O7S3. The van der Waals surface area contributed by atoms with E-state index in [0.29, 0.717) is 5.75 Å². The van der Waals surface area contributed by atoms with Crippen LogP contribution in [0.2, 0.25) is 0 Å². The largest absolute Gasteiger partial charge is 0.497 e. The second-order valence-electron chi connectivity index (χ2n) is 7.05. The Hall–Kier alpha value is -3.00. The summed E-state index contributed by atoms with van der Waals surface area (Å²) in [6.45, 7) is 0.172. The van der Waals surface area contributed by atoms with Crippen LogP contribution in [0.3, 0.4) is 0 Å². The molecule has 0 bridgehead atoms. The number of rotatable bonds is 7. The topological polar surface area (TPSA) is 143 Å². The number of aliphatic hydroxyl groups is 1. The molecule has 2 N–H and O–H groups in total. The van der Waals surface area contributed by atoms with Gasteiger partial charge in [0.2, 0.25) is 9.84 Å². The molecule has 1 aliphatic heterocycles. The lowest BCUT2D eigenvalue weighted by molar-refractivity contribution is -0.124. The van der Waals surface area contributed by atoms with Gasteiger partial charge in [0, 0.05) is 30.2 Å². The number of sulfone groups is 1. The first-order valence-corrected chi connectivity index (χ1v) is 13.4. The zero-order valence-electron chi connectivity index (χ0n) is 17.2. The van der Waals surface area contributed by atoms with Crippen LogP contribution in [0.25, 0.3) is 0 Å². The average molecular weight is 510 g/mol. The maximum absolute atomic E-state index is 13.5. The number of nitrogens with one attached hydrogen (secondary N) is 1. The minimum atomic E-state index is -4.34. The highest BCUT2D eigenvalue weighted by atomic mass is 32.2. The molecule has 0 saturated carbocycles. The number of ether oxygens (including phenoxy) is 1. The van der Waals surface area contributed by atoms with Gasteiger partial charge in [0.25, 0.3) is 15.9 Å². The molecule has 1 aromatic heterocycles. The number of nitrogens with zero attached hydrogens (tertiary/aromatic N) is 2. The highest BCUT2D eigenvalue weighted by Crippen LogP contribution is 2.34. The summed E-state index contributed by atoms with van der Waals surface area (Å²) in [7, 11) is -7.24. The number of carbonyl (C=O) groups excluding carboxylic acids is 1. The summed E-state index contributed by atoms with van der Waals surface area (Å²) in [5.74, 6) is -0.156. The lowest BCUT2D eigenvalue weighted by atomic mass is 10.3. The molecule has 0 radical (unpaired) electrons. The van der Waals surface area contributed by atoms with Crippen molar-refractivity contribution in [2.45, 2.75) is 27.2 Å². The van der Waals surface area contributed by atoms with Crippen molar-refractivity contribution in [3.8, 4) is 5.75 Å². The van der Waals surface area contributed by atoms with E-state index >= 15 is 0 Å². The maximum atomic E-state index is 13.5. The fraction of sp³-hybridized carbons (Fsp3) is 0.200. The molecule has 0 spiro atoms. The summed E-state index contributed by atoms with van der Waals surface area (Å²) >= 11 is 1.04. The molecule has 1 aliphatic rings. The molecule has 1 amide bonds. The van der Waals surface area contributed by atoms with Crippen LogP contribution < -0.4 is 14.4 Å². The lowest BCUT2D eigenvalue weighted by Gasteiger charge is -2.19. The lowest BCUT2D eigenvalue weighted by Crippen LogP contribution is -2.29. The van der Waals surface area contributed by atoms with Gasteiger partial charge in [-0.1, -0.05) is 0 Å². The van der Waals surface area contributed by atoms with Crippen molar-refractivity contribution in [1.82, 2.24) is 4.98 Å². The van der Waals surface area contributed by atoms with Crippen LogP contribution in [-0.2, 0) is 24.7 Å². The normalized spacial score (nSPS) is 16.7. The van der Waals surface area contributed by atoms with Gasteiger partial charge in [-0.05, 0) is 42.5 Å². The molecule has 1 fully saturated rings. The number of sulfonamides is 1. The van der Waals surface area contributed by atoms with Crippen molar-refractivity contribution in [3.05, 3.63) is 54.0 Å². The number of hydrogen-bond acceptors (Lipinski definition) is 9. The second kappa shape index (κ2) is 8.74.